The summed E-state index contributed by atoms with van der Waals surface area (Å²) in [4.78, 5) is 48.2. The van der Waals surface area contributed by atoms with Gasteiger partial charge in [0.25, 0.3) is 0 Å². The number of esters is 2. The molecule has 0 aliphatic carbocycles. The average molecular weight is 1040 g/mol. The number of nitrogens with one attached hydrogen (secondary N) is 4. The van der Waals surface area contributed by atoms with E-state index in [4.69, 9.17) is 38.0 Å². The maximum Gasteiger partial charge on any atom is 0.459 e. The summed E-state index contributed by atoms with van der Waals surface area (Å²) in [6.07, 6.45) is 16.7. The van der Waals surface area contributed by atoms with Gasteiger partial charge in [0, 0.05) is 40.2 Å². The first-order valence-corrected chi connectivity index (χ1v) is 26.9. The lowest BCUT2D eigenvalue weighted by molar-refractivity contribution is -0.144. The van der Waals surface area contributed by atoms with E-state index >= 15 is 0 Å². The Morgan fingerprint density at radius 2 is 1.03 bits per heavy atom. The molecule has 2 rings (SSSR count). The smallest absolute Gasteiger partial charge is 0.459 e. The van der Waals surface area contributed by atoms with Gasteiger partial charge in [-0.25, -0.2) is 9.13 Å². The van der Waals surface area contributed by atoms with E-state index in [0.717, 1.165) is 63.9 Å². The zero-order valence-corrected chi connectivity index (χ0v) is 45.1. The summed E-state index contributed by atoms with van der Waals surface area (Å²) in [5.41, 5.74) is 7.06. The molecule has 7 N–H and O–H groups in total. The Morgan fingerprint density at radius 3 is 1.39 bits per heavy atom. The first kappa shape index (κ1) is 64.2. The number of hydrogen-bond donors (Lipinski definition) is 6. The van der Waals surface area contributed by atoms with E-state index in [9.17, 15) is 33.4 Å². The Hall–Kier alpha value is -4.78. The molecule has 0 fully saturated rings. The number of allylic oxidation sites excluding steroid dienone is 4. The monoisotopic (exact) mass is 1040 g/mol. The van der Waals surface area contributed by atoms with Crippen molar-refractivity contribution < 1.29 is 70.5 Å². The third-order valence-electron chi connectivity index (χ3n) is 10.2. The van der Waals surface area contributed by atoms with Crippen molar-refractivity contribution in [1.29, 1.82) is 0 Å². The number of aliphatic hydroxyl groups is 1. The van der Waals surface area contributed by atoms with Crippen molar-refractivity contribution >= 4 is 39.2 Å². The van der Waals surface area contributed by atoms with Gasteiger partial charge in [-0.3, -0.25) is 28.2 Å². The van der Waals surface area contributed by atoms with E-state index in [1.54, 1.807) is 30.3 Å². The summed E-state index contributed by atoms with van der Waals surface area (Å²) < 4.78 is 67.5. The largest absolute Gasteiger partial charge is 0.493 e. The van der Waals surface area contributed by atoms with Crippen LogP contribution in [0.5, 0.6) is 23.0 Å². The zero-order chi connectivity index (χ0) is 53.2. The van der Waals surface area contributed by atoms with Crippen LogP contribution in [0.25, 0.3) is 0 Å². The molecule has 0 radical (unpaired) electrons. The summed E-state index contributed by atoms with van der Waals surface area (Å²) in [6.45, 7) is 8.94. The maximum absolute atomic E-state index is 13.3. The van der Waals surface area contributed by atoms with E-state index in [2.05, 4.69) is 77.5 Å². The number of carbonyl (C=O) groups excluding carboxylic acids is 4. The molecule has 0 heterocycles. The highest BCUT2D eigenvalue weighted by atomic mass is 31.2. The molecule has 4 unspecified atom stereocenters. The van der Waals surface area contributed by atoms with E-state index in [-0.39, 0.29) is 35.6 Å². The standard InChI is InChI=1S/C26H44N3O7P.C23H37N2O8P/c1-20(2)12-8-6-7-9-14-25(30)28-19-21-15-16-23(24(18-21)33-3)36-37(32,35-5)29-22(26(31)34-4)13-10-11-17-27;1-17(2)10-8-6-7-9-11-22(27)24-15-18-12-13-20(21(14-18)30-3)33-34(29,32-5)25-19(16-26)23(28)31-4/h8,12,15-16,18,20,22H,6-7,9-11,13-14,17,19,27H2,1-5H3,(H,28,30)(H,29,32);8,10,12-14,17,19,26H,6-7,9,11,15-16H2,1-5H3,(H,24,27)(H,25,29)/b12-8+;10-8+. The number of methoxy groups -OCH3 is 4. The molecule has 2 aromatic carbocycles. The molecular weight excluding hydrogens is 961 g/mol. The SMILES string of the molecule is COC(=O)C(CCCCN)NP(=O)(OC)Oc1ccc(CNC(=O)CCCC/C=C/C(C)C)cc1OC.COC(=O)C(CO)NP(=O)(OC)Oc1ccc(CNC(=O)CCCC/C=C/C(C)C)cc1OC. The number of ether oxygens (including phenoxy) is 4. The van der Waals surface area contributed by atoms with Crippen LogP contribution in [-0.2, 0) is 59.9 Å². The van der Waals surface area contributed by atoms with E-state index in [0.29, 0.717) is 62.8 Å². The fourth-order valence-corrected chi connectivity index (χ4v) is 8.73. The third kappa shape index (κ3) is 27.0. The van der Waals surface area contributed by atoms with Crippen LogP contribution in [0.1, 0.15) is 109 Å². The number of unbranched alkanes of at least 4 members (excludes halogenated alkanes) is 5. The van der Waals surface area contributed by atoms with Crippen LogP contribution in [0.15, 0.2) is 60.7 Å². The van der Waals surface area contributed by atoms with Crippen LogP contribution in [0.3, 0.4) is 0 Å². The van der Waals surface area contributed by atoms with Gasteiger partial charge in [-0.1, -0.05) is 70.6 Å². The minimum atomic E-state index is -4.04. The summed E-state index contributed by atoms with van der Waals surface area (Å²) in [7, 11) is -0.374. The molecule has 402 valence electrons. The van der Waals surface area contributed by atoms with Gasteiger partial charge in [-0.15, -0.1) is 0 Å². The second-order valence-corrected chi connectivity index (χ2v) is 20.4. The summed E-state index contributed by atoms with van der Waals surface area (Å²) in [5.74, 6) is 0.409. The minimum absolute atomic E-state index is 0.0243. The van der Waals surface area contributed by atoms with Crippen molar-refractivity contribution in [3.63, 3.8) is 0 Å². The summed E-state index contributed by atoms with van der Waals surface area (Å²) in [5, 5.41) is 20.1. The minimum Gasteiger partial charge on any atom is -0.493 e. The first-order valence-electron chi connectivity index (χ1n) is 23.8. The Kier molecular flexibility index (Phi) is 32.7. The van der Waals surface area contributed by atoms with Gasteiger partial charge >= 0.3 is 27.4 Å². The highest BCUT2D eigenvalue weighted by molar-refractivity contribution is 7.52. The van der Waals surface area contributed by atoms with Gasteiger partial charge in [0.2, 0.25) is 11.8 Å². The predicted octanol–water partition coefficient (Wildman–Crippen LogP) is 7.82. The molecule has 0 saturated heterocycles. The van der Waals surface area contributed by atoms with Crippen molar-refractivity contribution in [1.82, 2.24) is 20.8 Å². The first-order chi connectivity index (χ1) is 33.8. The third-order valence-corrected chi connectivity index (χ3v) is 13.3. The second-order valence-electron chi connectivity index (χ2n) is 16.8. The van der Waals surface area contributed by atoms with E-state index in [1.165, 1.54) is 34.5 Å². The lowest BCUT2D eigenvalue weighted by atomic mass is 10.1. The fraction of sp³-hybridized carbons (Fsp3) is 0.592. The lowest BCUT2D eigenvalue weighted by Gasteiger charge is -2.24. The molecular formula is C49H81N5O15P2. The molecule has 2 amide bonds. The molecule has 0 bridgehead atoms. The molecule has 0 aromatic heterocycles. The Morgan fingerprint density at radius 1 is 0.606 bits per heavy atom. The molecule has 0 saturated carbocycles. The van der Waals surface area contributed by atoms with Crippen molar-refractivity contribution in [3.05, 3.63) is 71.8 Å². The van der Waals surface area contributed by atoms with E-state index < -0.39 is 46.1 Å². The molecule has 0 aliphatic heterocycles. The number of amides is 2. The average Bonchev–Trinajstić information content (AvgIpc) is 3.36. The van der Waals surface area contributed by atoms with Gasteiger partial charge in [-0.05, 0) is 105 Å². The molecule has 0 aliphatic rings. The van der Waals surface area contributed by atoms with Crippen LogP contribution in [0.4, 0.5) is 0 Å². The van der Waals surface area contributed by atoms with Gasteiger partial charge in [-0.2, -0.15) is 10.2 Å². The van der Waals surface area contributed by atoms with E-state index in [1.807, 2.05) is 0 Å². The van der Waals surface area contributed by atoms with Gasteiger partial charge in [0.15, 0.2) is 23.0 Å². The van der Waals surface area contributed by atoms with Crippen LogP contribution in [-0.4, -0.2) is 96.8 Å². The van der Waals surface area contributed by atoms with Crippen LogP contribution < -0.4 is 45.1 Å². The number of hydrogen-bond acceptors (Lipinski definition) is 16. The lowest BCUT2D eigenvalue weighted by Crippen LogP contribution is -2.39. The maximum atomic E-state index is 13.3. The van der Waals surface area contributed by atoms with Crippen molar-refractivity contribution in [2.24, 2.45) is 17.6 Å². The Labute approximate surface area is 421 Å². The molecule has 20 nitrogen and oxygen atoms in total. The van der Waals surface area contributed by atoms with Crippen molar-refractivity contribution in [2.75, 3.05) is 55.8 Å². The Bertz CT molecular complexity index is 2050. The number of aliphatic hydroxyl groups excluding tert-OH is 1. The van der Waals surface area contributed by atoms with Crippen molar-refractivity contribution in [2.45, 2.75) is 123 Å². The summed E-state index contributed by atoms with van der Waals surface area (Å²) >= 11 is 0. The number of rotatable bonds is 35. The van der Waals surface area contributed by atoms with Crippen LogP contribution in [0, 0.1) is 11.8 Å². The number of benzene rings is 2. The second kappa shape index (κ2) is 36.2. The summed E-state index contributed by atoms with van der Waals surface area (Å²) in [6, 6.07) is 7.63. The van der Waals surface area contributed by atoms with Gasteiger partial charge in [0.1, 0.15) is 12.1 Å². The fourth-order valence-electron chi connectivity index (χ4n) is 6.26. The quantitative estimate of drug-likeness (QED) is 0.0166. The number of carbonyl (C=O) groups is 4. The molecule has 2 aromatic rings. The number of nitrogens with two attached hydrogens (primary N) is 1. The molecule has 0 spiro atoms. The van der Waals surface area contributed by atoms with Gasteiger partial charge < -0.3 is 49.5 Å². The van der Waals surface area contributed by atoms with Crippen LogP contribution >= 0.6 is 15.5 Å². The predicted molar refractivity (Wildman–Crippen MR) is 273 cm³/mol. The Balaban J connectivity index is 0.000000713. The molecule has 71 heavy (non-hydrogen) atoms. The molecule has 4 atom stereocenters. The van der Waals surface area contributed by atoms with Gasteiger partial charge in [0.05, 0.1) is 35.0 Å². The normalized spacial score (nSPS) is 13.9. The topological polar surface area (TPSA) is 271 Å². The van der Waals surface area contributed by atoms with Crippen LogP contribution in [0.2, 0.25) is 0 Å². The zero-order valence-electron chi connectivity index (χ0n) is 43.3. The highest BCUT2D eigenvalue weighted by Gasteiger charge is 2.35. The van der Waals surface area contributed by atoms with Crippen molar-refractivity contribution in [3.8, 4) is 23.0 Å². The highest BCUT2D eigenvalue weighted by Crippen LogP contribution is 2.48. The molecule has 22 heteroatoms.